The van der Waals surface area contributed by atoms with Gasteiger partial charge in [-0.2, -0.15) is 0 Å². The monoisotopic (exact) mass is 274 g/mol. The van der Waals surface area contributed by atoms with Crippen molar-refractivity contribution in [1.82, 2.24) is 10.2 Å². The number of benzene rings is 1. The summed E-state index contributed by atoms with van der Waals surface area (Å²) in [6, 6.07) is 6.18. The molecule has 0 aliphatic carbocycles. The number of hydrogen-bond donors (Lipinski definition) is 2. The molecule has 5 nitrogen and oxygen atoms in total. The lowest BCUT2D eigenvalue weighted by Gasteiger charge is -2.18. The van der Waals surface area contributed by atoms with Crippen molar-refractivity contribution < 1.29 is 14.7 Å². The molecular formula is C15H18N2O3. The average molecular weight is 274 g/mol. The molecule has 0 spiro atoms. The molecule has 0 radical (unpaired) electrons. The molecule has 1 atom stereocenters. The smallest absolute Gasteiger partial charge is 0.253 e. The van der Waals surface area contributed by atoms with Crippen LogP contribution in [-0.4, -0.2) is 48.6 Å². The van der Waals surface area contributed by atoms with Gasteiger partial charge in [0, 0.05) is 19.7 Å². The first-order valence-corrected chi connectivity index (χ1v) is 6.18. The Morgan fingerprint density at radius 1 is 1.35 bits per heavy atom. The molecule has 0 aromatic heterocycles. The van der Waals surface area contributed by atoms with Gasteiger partial charge >= 0.3 is 0 Å². The summed E-state index contributed by atoms with van der Waals surface area (Å²) in [7, 11) is 3.26. The minimum absolute atomic E-state index is 0.183. The maximum Gasteiger partial charge on any atom is 0.253 e. The van der Waals surface area contributed by atoms with E-state index in [0.717, 1.165) is 0 Å². The number of aliphatic hydroxyl groups excluding tert-OH is 1. The lowest BCUT2D eigenvalue weighted by atomic mass is 10.1. The fourth-order valence-corrected chi connectivity index (χ4v) is 1.65. The first kappa shape index (κ1) is 15.7. The van der Waals surface area contributed by atoms with E-state index in [9.17, 15) is 9.59 Å². The van der Waals surface area contributed by atoms with Crippen molar-refractivity contribution in [3.8, 4) is 11.8 Å². The Balaban J connectivity index is 2.90. The molecule has 5 heteroatoms. The molecule has 0 bridgehead atoms. The number of aliphatic hydroxyl groups is 1. The van der Waals surface area contributed by atoms with Crippen LogP contribution in [0.5, 0.6) is 0 Å². The summed E-state index contributed by atoms with van der Waals surface area (Å²) < 4.78 is 0. The predicted octanol–water partition coefficient (Wildman–Crippen LogP) is 0.237. The van der Waals surface area contributed by atoms with Crippen LogP contribution in [-0.2, 0) is 4.79 Å². The van der Waals surface area contributed by atoms with E-state index in [2.05, 4.69) is 17.2 Å². The van der Waals surface area contributed by atoms with Gasteiger partial charge in [0.15, 0.2) is 0 Å². The number of hydrogen-bond acceptors (Lipinski definition) is 3. The van der Waals surface area contributed by atoms with E-state index in [1.807, 2.05) is 0 Å². The molecule has 0 saturated carbocycles. The van der Waals surface area contributed by atoms with Crippen LogP contribution in [0.25, 0.3) is 0 Å². The van der Waals surface area contributed by atoms with Crippen molar-refractivity contribution in [2.75, 3.05) is 20.7 Å². The largest absolute Gasteiger partial charge is 0.384 e. The number of amides is 2. The standard InChI is InChI=1S/C15H18N2O3/c1-11(15(20)17(2)3)16-14(19)13-9-5-4-7-12(13)8-6-10-18/h4-5,7,9,11,18H,10H2,1-3H3,(H,16,19). The molecule has 106 valence electrons. The Bertz CT molecular complexity index is 556. The third kappa shape index (κ3) is 4.11. The zero-order valence-electron chi connectivity index (χ0n) is 11.8. The van der Waals surface area contributed by atoms with Gasteiger partial charge in [-0.05, 0) is 19.1 Å². The predicted molar refractivity (Wildman–Crippen MR) is 76.0 cm³/mol. The quantitative estimate of drug-likeness (QED) is 0.776. The Morgan fingerprint density at radius 2 is 2.00 bits per heavy atom. The third-order valence-electron chi connectivity index (χ3n) is 2.63. The van der Waals surface area contributed by atoms with E-state index >= 15 is 0 Å². The van der Waals surface area contributed by atoms with Gasteiger partial charge in [-0.1, -0.05) is 24.0 Å². The second-order valence-electron chi connectivity index (χ2n) is 4.43. The van der Waals surface area contributed by atoms with Gasteiger partial charge in [0.1, 0.15) is 12.6 Å². The van der Waals surface area contributed by atoms with Crippen LogP contribution in [0, 0.1) is 11.8 Å². The summed E-state index contributed by atoms with van der Waals surface area (Å²) in [6.07, 6.45) is 0. The van der Waals surface area contributed by atoms with Crippen LogP contribution >= 0.6 is 0 Å². The average Bonchev–Trinajstić information content (AvgIpc) is 2.44. The maximum atomic E-state index is 12.2. The summed E-state index contributed by atoms with van der Waals surface area (Å²) in [6.45, 7) is 1.35. The van der Waals surface area contributed by atoms with Gasteiger partial charge in [0.25, 0.3) is 5.91 Å². The second-order valence-corrected chi connectivity index (χ2v) is 4.43. The Kier molecular flexibility index (Phi) is 5.75. The van der Waals surface area contributed by atoms with Crippen LogP contribution in [0.4, 0.5) is 0 Å². The number of carbonyl (C=O) groups is 2. The van der Waals surface area contributed by atoms with Crippen molar-refractivity contribution in [3.05, 3.63) is 35.4 Å². The minimum Gasteiger partial charge on any atom is -0.384 e. The van der Waals surface area contributed by atoms with Gasteiger partial charge in [0.05, 0.1) is 5.56 Å². The molecule has 0 heterocycles. The number of carbonyl (C=O) groups excluding carboxylic acids is 2. The molecular weight excluding hydrogens is 256 g/mol. The fourth-order valence-electron chi connectivity index (χ4n) is 1.65. The van der Waals surface area contributed by atoms with Crippen LogP contribution in [0.15, 0.2) is 24.3 Å². The minimum atomic E-state index is -0.614. The number of nitrogens with one attached hydrogen (secondary N) is 1. The zero-order chi connectivity index (χ0) is 15.1. The molecule has 1 rings (SSSR count). The van der Waals surface area contributed by atoms with Crippen molar-refractivity contribution in [1.29, 1.82) is 0 Å². The maximum absolute atomic E-state index is 12.2. The van der Waals surface area contributed by atoms with Gasteiger partial charge in [0.2, 0.25) is 5.91 Å². The summed E-state index contributed by atoms with van der Waals surface area (Å²) in [4.78, 5) is 25.3. The summed E-state index contributed by atoms with van der Waals surface area (Å²) in [5.41, 5.74) is 0.899. The molecule has 2 amide bonds. The summed E-state index contributed by atoms with van der Waals surface area (Å²) in [5, 5.41) is 11.3. The number of nitrogens with zero attached hydrogens (tertiary/aromatic N) is 1. The zero-order valence-corrected chi connectivity index (χ0v) is 11.8. The first-order chi connectivity index (χ1) is 9.47. The van der Waals surface area contributed by atoms with Gasteiger partial charge in [-0.3, -0.25) is 9.59 Å². The van der Waals surface area contributed by atoms with Crippen LogP contribution in [0.3, 0.4) is 0 Å². The van der Waals surface area contributed by atoms with E-state index in [0.29, 0.717) is 11.1 Å². The summed E-state index contributed by atoms with van der Waals surface area (Å²) in [5.74, 6) is 4.67. The molecule has 20 heavy (non-hydrogen) atoms. The fraction of sp³-hybridized carbons (Fsp3) is 0.333. The van der Waals surface area contributed by atoms with E-state index in [1.165, 1.54) is 4.90 Å². The van der Waals surface area contributed by atoms with Crippen LogP contribution in [0.2, 0.25) is 0 Å². The van der Waals surface area contributed by atoms with Crippen LogP contribution in [0.1, 0.15) is 22.8 Å². The van der Waals surface area contributed by atoms with E-state index in [4.69, 9.17) is 5.11 Å². The lowest BCUT2D eigenvalue weighted by Crippen LogP contribution is -2.44. The molecule has 1 aromatic rings. The Hall–Kier alpha value is -2.32. The molecule has 0 fully saturated rings. The van der Waals surface area contributed by atoms with E-state index in [-0.39, 0.29) is 18.4 Å². The highest BCUT2D eigenvalue weighted by atomic mass is 16.2. The number of likely N-dealkylation sites (N-methyl/N-ethyl adjacent to an activating group) is 1. The van der Waals surface area contributed by atoms with Gasteiger partial charge < -0.3 is 15.3 Å². The van der Waals surface area contributed by atoms with E-state index < -0.39 is 6.04 Å². The highest BCUT2D eigenvalue weighted by Gasteiger charge is 2.19. The SMILES string of the molecule is CC(NC(=O)c1ccccc1C#CCO)C(=O)N(C)C. The third-order valence-corrected chi connectivity index (χ3v) is 2.63. The Labute approximate surface area is 118 Å². The topological polar surface area (TPSA) is 69.6 Å². The highest BCUT2D eigenvalue weighted by molar-refractivity contribution is 5.99. The highest BCUT2D eigenvalue weighted by Crippen LogP contribution is 2.07. The first-order valence-electron chi connectivity index (χ1n) is 6.18. The molecule has 0 saturated heterocycles. The van der Waals surface area contributed by atoms with Crippen molar-refractivity contribution in [2.45, 2.75) is 13.0 Å². The molecule has 1 unspecified atom stereocenters. The summed E-state index contributed by atoms with van der Waals surface area (Å²) >= 11 is 0. The molecule has 2 N–H and O–H groups in total. The van der Waals surface area contributed by atoms with Crippen molar-refractivity contribution in [3.63, 3.8) is 0 Å². The molecule has 0 aliphatic heterocycles. The Morgan fingerprint density at radius 3 is 2.60 bits per heavy atom. The normalized spacial score (nSPS) is 11.0. The molecule has 1 aromatic carbocycles. The van der Waals surface area contributed by atoms with Gasteiger partial charge in [-0.25, -0.2) is 0 Å². The van der Waals surface area contributed by atoms with Crippen molar-refractivity contribution >= 4 is 11.8 Å². The second kappa shape index (κ2) is 7.31. The number of rotatable bonds is 3. The lowest BCUT2D eigenvalue weighted by molar-refractivity contribution is -0.130. The molecule has 0 aliphatic rings. The van der Waals surface area contributed by atoms with Crippen LogP contribution < -0.4 is 5.32 Å². The van der Waals surface area contributed by atoms with Gasteiger partial charge in [-0.15, -0.1) is 0 Å². The van der Waals surface area contributed by atoms with Crippen molar-refractivity contribution in [2.24, 2.45) is 0 Å². The van der Waals surface area contributed by atoms with E-state index in [1.54, 1.807) is 45.3 Å².